The van der Waals surface area contributed by atoms with Crippen LogP contribution in [0.2, 0.25) is 0 Å². The van der Waals surface area contributed by atoms with E-state index in [1.165, 1.54) is 11.1 Å². The highest BCUT2D eigenvalue weighted by Gasteiger charge is 2.39. The zero-order valence-corrected chi connectivity index (χ0v) is 21.2. The Morgan fingerprint density at radius 3 is 2.63 bits per heavy atom. The number of hydrogen-bond donors (Lipinski definition) is 0. The van der Waals surface area contributed by atoms with Crippen molar-refractivity contribution in [1.82, 2.24) is 4.90 Å². The Balaban J connectivity index is 0.00000280. The molecule has 2 aliphatic heterocycles. The van der Waals surface area contributed by atoms with Crippen molar-refractivity contribution < 1.29 is 18.7 Å². The van der Waals surface area contributed by atoms with Crippen LogP contribution < -0.4 is 4.74 Å². The molecule has 0 radical (unpaired) electrons. The summed E-state index contributed by atoms with van der Waals surface area (Å²) in [6, 6.07) is 6.70. The SMILES string of the molecule is CCOc1ccc2c(c1)CCN1C[C@H](CC(C)C)[C@@H](OCC(=O)C[18F])C[C@@H]21.S.S.S. The number of ketones is 1. The van der Waals surface area contributed by atoms with Crippen LogP contribution in [-0.4, -0.2) is 49.8 Å². The second-order valence-electron chi connectivity index (χ2n) is 8.20. The number of fused-ring (bicyclic) bond motifs is 3. The van der Waals surface area contributed by atoms with Gasteiger partial charge in [0.1, 0.15) is 12.4 Å². The highest BCUT2D eigenvalue weighted by atomic mass is 32.1. The van der Waals surface area contributed by atoms with E-state index in [2.05, 4.69) is 36.9 Å². The van der Waals surface area contributed by atoms with Crippen molar-refractivity contribution in [2.24, 2.45) is 11.8 Å². The van der Waals surface area contributed by atoms with Crippen molar-refractivity contribution in [1.29, 1.82) is 0 Å². The minimum absolute atomic E-state index is 0. The monoisotopic (exact) mass is 478 g/mol. The van der Waals surface area contributed by atoms with Gasteiger partial charge < -0.3 is 9.47 Å². The Labute approximate surface area is 201 Å². The number of piperidine rings is 1. The first-order valence-electron chi connectivity index (χ1n) is 10.2. The molecule has 1 aromatic rings. The summed E-state index contributed by atoms with van der Waals surface area (Å²) in [6.45, 7) is 8.07. The van der Waals surface area contributed by atoms with Crippen LogP contribution in [0, 0.1) is 11.8 Å². The topological polar surface area (TPSA) is 38.8 Å². The summed E-state index contributed by atoms with van der Waals surface area (Å²) in [5.74, 6) is 1.42. The number of rotatable bonds is 8. The molecule has 0 unspecified atom stereocenters. The largest absolute Gasteiger partial charge is 0.494 e. The molecule has 2 heterocycles. The average molecular weight is 479 g/mol. The van der Waals surface area contributed by atoms with Crippen molar-refractivity contribution >= 4 is 46.3 Å². The fraction of sp³-hybridized carbons (Fsp3) is 0.682. The van der Waals surface area contributed by atoms with Gasteiger partial charge in [0, 0.05) is 19.1 Å². The number of benzene rings is 1. The number of hydrogen-bond acceptors (Lipinski definition) is 4. The van der Waals surface area contributed by atoms with Crippen molar-refractivity contribution in [3.05, 3.63) is 29.3 Å². The summed E-state index contributed by atoms with van der Waals surface area (Å²) in [5, 5.41) is 0. The van der Waals surface area contributed by atoms with Crippen molar-refractivity contribution in [2.75, 3.05) is 33.0 Å². The molecule has 0 saturated carbocycles. The van der Waals surface area contributed by atoms with Crippen molar-refractivity contribution in [2.45, 2.75) is 52.2 Å². The summed E-state index contributed by atoms with van der Waals surface area (Å²) in [6.07, 6.45) is 2.96. The van der Waals surface area contributed by atoms with Gasteiger partial charge in [0.25, 0.3) is 0 Å². The van der Waals surface area contributed by atoms with Crippen LogP contribution in [0.1, 0.15) is 50.8 Å². The molecule has 0 bridgehead atoms. The lowest BCUT2D eigenvalue weighted by molar-refractivity contribution is -0.131. The van der Waals surface area contributed by atoms with E-state index in [4.69, 9.17) is 9.47 Å². The zero-order chi connectivity index (χ0) is 19.4. The van der Waals surface area contributed by atoms with Crippen LogP contribution in [0.15, 0.2) is 18.2 Å². The van der Waals surface area contributed by atoms with Gasteiger partial charge in [-0.05, 0) is 61.3 Å². The highest BCUT2D eigenvalue weighted by Crippen LogP contribution is 2.41. The molecule has 0 N–H and O–H groups in total. The van der Waals surface area contributed by atoms with Crippen LogP contribution in [0.4, 0.5) is 4.39 Å². The molecular weight excluding hydrogens is 440 g/mol. The second kappa shape index (κ2) is 13.9. The van der Waals surface area contributed by atoms with E-state index < -0.39 is 12.5 Å². The lowest BCUT2D eigenvalue weighted by atomic mass is 9.79. The van der Waals surface area contributed by atoms with Crippen LogP contribution >= 0.6 is 40.5 Å². The number of alkyl halides is 1. The molecule has 0 aromatic heterocycles. The minimum Gasteiger partial charge on any atom is -0.494 e. The van der Waals surface area contributed by atoms with Gasteiger partial charge >= 0.3 is 0 Å². The lowest BCUT2D eigenvalue weighted by Gasteiger charge is -2.47. The summed E-state index contributed by atoms with van der Waals surface area (Å²) < 4.78 is 24.2. The number of Topliss-reactive ketones (excluding diaryl/α,β-unsaturated/α-hetero) is 1. The first-order chi connectivity index (χ1) is 13.0. The summed E-state index contributed by atoms with van der Waals surface area (Å²) in [4.78, 5) is 14.0. The molecule has 30 heavy (non-hydrogen) atoms. The summed E-state index contributed by atoms with van der Waals surface area (Å²) in [5.41, 5.74) is 2.70. The molecule has 1 fully saturated rings. The third kappa shape index (κ3) is 7.33. The average Bonchev–Trinajstić information content (AvgIpc) is 2.65. The number of nitrogens with zero attached hydrogens (tertiary/aromatic N) is 1. The molecule has 174 valence electrons. The highest BCUT2D eigenvalue weighted by molar-refractivity contribution is 7.59. The van der Waals surface area contributed by atoms with E-state index in [9.17, 15) is 9.18 Å². The predicted molar refractivity (Wildman–Crippen MR) is 135 cm³/mol. The van der Waals surface area contributed by atoms with Crippen LogP contribution in [0.3, 0.4) is 0 Å². The van der Waals surface area contributed by atoms with E-state index in [0.717, 1.165) is 38.1 Å². The van der Waals surface area contributed by atoms with E-state index in [-0.39, 0.29) is 53.2 Å². The first kappa shape index (κ1) is 29.6. The Kier molecular flexibility index (Phi) is 13.7. The lowest BCUT2D eigenvalue weighted by Crippen LogP contribution is -2.49. The maximum Gasteiger partial charge on any atom is 0.189 e. The van der Waals surface area contributed by atoms with Gasteiger partial charge in [-0.25, -0.2) is 4.39 Å². The molecule has 2 aliphatic rings. The second-order valence-corrected chi connectivity index (χ2v) is 8.20. The number of ether oxygens (including phenoxy) is 2. The maximum atomic E-state index is 12.6. The third-order valence-corrected chi connectivity index (χ3v) is 5.73. The van der Waals surface area contributed by atoms with Gasteiger partial charge in [0.15, 0.2) is 12.5 Å². The molecule has 8 heteroatoms. The standard InChI is InChI=1S/C22H32FNO3.3H2S/c1-4-26-19-5-6-20-16(10-19)7-8-24-13-17(9-15(2)3)22(11-21(20)24)27-14-18(25)12-23;;;/h5-6,10,15,17,21-22H,4,7-9,11-14H2,1-3H3;3*1H2/t17-,21-,22-;;;/m0.../s1/i23-1;;;. The van der Waals surface area contributed by atoms with Crippen molar-refractivity contribution in [3.63, 3.8) is 0 Å². The molecule has 1 saturated heterocycles. The van der Waals surface area contributed by atoms with Crippen LogP contribution in [0.5, 0.6) is 5.75 Å². The van der Waals surface area contributed by atoms with Gasteiger partial charge in [-0.1, -0.05) is 19.9 Å². The quantitative estimate of drug-likeness (QED) is 0.558. The molecule has 4 nitrogen and oxygen atoms in total. The Morgan fingerprint density at radius 2 is 2.00 bits per heavy atom. The maximum absolute atomic E-state index is 12.6. The molecule has 3 rings (SSSR count). The Hall–Kier alpha value is -0.410. The zero-order valence-electron chi connectivity index (χ0n) is 18.2. The van der Waals surface area contributed by atoms with Gasteiger partial charge in [0.2, 0.25) is 0 Å². The van der Waals surface area contributed by atoms with Gasteiger partial charge in [0.05, 0.1) is 12.7 Å². The number of halogens is 1. The summed E-state index contributed by atoms with van der Waals surface area (Å²) >= 11 is 0. The molecular formula is C22H38FNO3S3. The molecule has 0 aliphatic carbocycles. The number of carbonyl (C=O) groups is 1. The van der Waals surface area contributed by atoms with E-state index in [1.807, 2.05) is 6.92 Å². The van der Waals surface area contributed by atoms with E-state index in [0.29, 0.717) is 24.5 Å². The summed E-state index contributed by atoms with van der Waals surface area (Å²) in [7, 11) is 0. The molecule has 1 aromatic carbocycles. The van der Waals surface area contributed by atoms with Gasteiger partial charge in [-0.3, -0.25) is 9.69 Å². The predicted octanol–water partition coefficient (Wildman–Crippen LogP) is 4.31. The number of carbonyl (C=O) groups excluding carboxylic acids is 1. The molecule has 0 amide bonds. The van der Waals surface area contributed by atoms with Crippen LogP contribution in [-0.2, 0) is 16.0 Å². The molecule has 0 spiro atoms. The third-order valence-electron chi connectivity index (χ3n) is 5.73. The first-order valence-corrected chi connectivity index (χ1v) is 10.2. The smallest absolute Gasteiger partial charge is 0.189 e. The minimum atomic E-state index is -0.944. The fourth-order valence-electron chi connectivity index (χ4n) is 4.60. The van der Waals surface area contributed by atoms with Gasteiger partial charge in [-0.15, -0.1) is 0 Å². The van der Waals surface area contributed by atoms with Gasteiger partial charge in [-0.2, -0.15) is 40.5 Å². The Morgan fingerprint density at radius 1 is 1.27 bits per heavy atom. The van der Waals surface area contributed by atoms with E-state index in [1.54, 1.807) is 0 Å². The Bertz CT molecular complexity index is 663. The normalized spacial score (nSPS) is 22.6. The molecule has 3 atom stereocenters. The van der Waals surface area contributed by atoms with Crippen molar-refractivity contribution in [3.8, 4) is 5.75 Å². The van der Waals surface area contributed by atoms with Crippen LogP contribution in [0.25, 0.3) is 0 Å². The fourth-order valence-corrected chi connectivity index (χ4v) is 4.60. The van der Waals surface area contributed by atoms with E-state index >= 15 is 0 Å².